The number of hydrogen-bond acceptors (Lipinski definition) is 4. The van der Waals surface area contributed by atoms with Gasteiger partial charge in [-0.1, -0.05) is 13.8 Å². The molecule has 0 spiro atoms. The maximum atomic E-state index is 9.79. The van der Waals surface area contributed by atoms with Gasteiger partial charge in [0.25, 0.3) is 0 Å². The molecule has 0 rings (SSSR count). The average Bonchev–Trinajstić information content (AvgIpc) is 2.34. The summed E-state index contributed by atoms with van der Waals surface area (Å²) in [6, 6.07) is 0. The Kier molecular flexibility index (Phi) is 8.78. The van der Waals surface area contributed by atoms with Gasteiger partial charge in [0.15, 0.2) is 0 Å². The van der Waals surface area contributed by atoms with Crippen LogP contribution in [0.25, 0.3) is 0 Å². The zero-order valence-electron chi connectivity index (χ0n) is 12.0. The molecule has 0 aromatic heterocycles. The second kappa shape index (κ2) is 8.86. The summed E-state index contributed by atoms with van der Waals surface area (Å²) >= 11 is 0. The topological polar surface area (TPSA) is 50.7 Å². The standard InChI is InChI=1S/C13H29NO3/c1-6-13(4,7-2)14-8-12(15)10-17-11(3)9-16-5/h11-12,14-15H,6-10H2,1-5H3. The summed E-state index contributed by atoms with van der Waals surface area (Å²) in [5, 5.41) is 13.2. The van der Waals surface area contributed by atoms with Gasteiger partial charge in [-0.3, -0.25) is 0 Å². The van der Waals surface area contributed by atoms with Crippen LogP contribution >= 0.6 is 0 Å². The molecule has 2 atom stereocenters. The molecule has 0 saturated heterocycles. The van der Waals surface area contributed by atoms with Crippen LogP contribution in [-0.4, -0.2) is 49.7 Å². The van der Waals surface area contributed by atoms with Gasteiger partial charge >= 0.3 is 0 Å². The monoisotopic (exact) mass is 247 g/mol. The summed E-state index contributed by atoms with van der Waals surface area (Å²) in [6.45, 7) is 9.89. The van der Waals surface area contributed by atoms with Crippen LogP contribution in [-0.2, 0) is 9.47 Å². The van der Waals surface area contributed by atoms with E-state index in [-0.39, 0.29) is 11.6 Å². The maximum Gasteiger partial charge on any atom is 0.0898 e. The summed E-state index contributed by atoms with van der Waals surface area (Å²) in [4.78, 5) is 0. The number of rotatable bonds is 10. The lowest BCUT2D eigenvalue weighted by Crippen LogP contribution is -2.46. The molecule has 17 heavy (non-hydrogen) atoms. The van der Waals surface area contributed by atoms with Crippen LogP contribution in [0.2, 0.25) is 0 Å². The van der Waals surface area contributed by atoms with Gasteiger partial charge in [-0.15, -0.1) is 0 Å². The summed E-state index contributed by atoms with van der Waals surface area (Å²) in [5.41, 5.74) is 0.110. The highest BCUT2D eigenvalue weighted by Crippen LogP contribution is 2.13. The summed E-state index contributed by atoms with van der Waals surface area (Å²) < 4.78 is 10.4. The second-order valence-corrected chi connectivity index (χ2v) is 4.90. The normalized spacial score (nSPS) is 15.9. The summed E-state index contributed by atoms with van der Waals surface area (Å²) in [7, 11) is 1.64. The van der Waals surface area contributed by atoms with Crippen molar-refractivity contribution < 1.29 is 14.6 Å². The highest BCUT2D eigenvalue weighted by Gasteiger charge is 2.20. The minimum absolute atomic E-state index is 0.0263. The molecule has 2 unspecified atom stereocenters. The quantitative estimate of drug-likeness (QED) is 0.615. The Balaban J connectivity index is 3.75. The lowest BCUT2D eigenvalue weighted by atomic mass is 9.95. The van der Waals surface area contributed by atoms with Crippen molar-refractivity contribution in [2.75, 3.05) is 26.9 Å². The first-order valence-electron chi connectivity index (χ1n) is 6.51. The highest BCUT2D eigenvalue weighted by molar-refractivity contribution is 4.80. The minimum atomic E-state index is -0.466. The maximum absolute atomic E-state index is 9.79. The van der Waals surface area contributed by atoms with E-state index >= 15 is 0 Å². The van der Waals surface area contributed by atoms with Gasteiger partial charge in [0.05, 0.1) is 25.4 Å². The number of ether oxygens (including phenoxy) is 2. The second-order valence-electron chi connectivity index (χ2n) is 4.90. The van der Waals surface area contributed by atoms with Crippen LogP contribution in [0.15, 0.2) is 0 Å². The van der Waals surface area contributed by atoms with Gasteiger partial charge in [-0.05, 0) is 26.7 Å². The number of β-amino-alcohol motifs (C(OH)–C–C–N with tert-alkyl or cyclic N) is 1. The molecule has 0 aliphatic rings. The average molecular weight is 247 g/mol. The van der Waals surface area contributed by atoms with E-state index in [1.165, 1.54) is 0 Å². The predicted octanol–water partition coefficient (Wildman–Crippen LogP) is 1.57. The first-order chi connectivity index (χ1) is 7.97. The van der Waals surface area contributed by atoms with Gasteiger partial charge in [-0.25, -0.2) is 0 Å². The molecule has 0 heterocycles. The Bertz CT molecular complexity index is 184. The van der Waals surface area contributed by atoms with Crippen molar-refractivity contribution in [3.05, 3.63) is 0 Å². The zero-order chi connectivity index (χ0) is 13.3. The third-order valence-electron chi connectivity index (χ3n) is 3.30. The zero-order valence-corrected chi connectivity index (χ0v) is 12.0. The van der Waals surface area contributed by atoms with Crippen molar-refractivity contribution in [1.82, 2.24) is 5.32 Å². The van der Waals surface area contributed by atoms with Crippen molar-refractivity contribution in [2.24, 2.45) is 0 Å². The fourth-order valence-corrected chi connectivity index (χ4v) is 1.48. The molecular weight excluding hydrogens is 218 g/mol. The van der Waals surface area contributed by atoms with Crippen LogP contribution < -0.4 is 5.32 Å². The van der Waals surface area contributed by atoms with Crippen molar-refractivity contribution in [3.8, 4) is 0 Å². The molecule has 0 fully saturated rings. The van der Waals surface area contributed by atoms with Crippen molar-refractivity contribution in [1.29, 1.82) is 0 Å². The molecule has 0 aliphatic carbocycles. The van der Waals surface area contributed by atoms with Gasteiger partial charge in [0, 0.05) is 19.2 Å². The van der Waals surface area contributed by atoms with E-state index in [0.717, 1.165) is 12.8 Å². The van der Waals surface area contributed by atoms with Gasteiger partial charge < -0.3 is 19.9 Å². The molecule has 2 N–H and O–H groups in total. The molecular formula is C13H29NO3. The molecule has 0 amide bonds. The van der Waals surface area contributed by atoms with Crippen molar-refractivity contribution in [3.63, 3.8) is 0 Å². The number of methoxy groups -OCH3 is 1. The van der Waals surface area contributed by atoms with E-state index in [2.05, 4.69) is 26.1 Å². The van der Waals surface area contributed by atoms with Gasteiger partial charge in [0.2, 0.25) is 0 Å². The lowest BCUT2D eigenvalue weighted by Gasteiger charge is -2.29. The number of hydrogen-bond donors (Lipinski definition) is 2. The van der Waals surface area contributed by atoms with E-state index < -0.39 is 6.10 Å². The third kappa shape index (κ3) is 7.71. The molecule has 0 radical (unpaired) electrons. The first-order valence-corrected chi connectivity index (χ1v) is 6.51. The van der Waals surface area contributed by atoms with Crippen molar-refractivity contribution in [2.45, 2.75) is 58.3 Å². The third-order valence-corrected chi connectivity index (χ3v) is 3.30. The van der Waals surface area contributed by atoms with Gasteiger partial charge in [-0.2, -0.15) is 0 Å². The van der Waals surface area contributed by atoms with Crippen LogP contribution in [0, 0.1) is 0 Å². The molecule has 4 heteroatoms. The lowest BCUT2D eigenvalue weighted by molar-refractivity contribution is -0.0326. The molecule has 104 valence electrons. The Hall–Kier alpha value is -0.160. The number of aliphatic hydroxyl groups is 1. The number of nitrogens with one attached hydrogen (secondary N) is 1. The van der Waals surface area contributed by atoms with E-state index in [1.807, 2.05) is 6.92 Å². The molecule has 0 aromatic carbocycles. The van der Waals surface area contributed by atoms with Crippen LogP contribution in [0.4, 0.5) is 0 Å². The van der Waals surface area contributed by atoms with Gasteiger partial charge in [0.1, 0.15) is 0 Å². The molecule has 0 aliphatic heterocycles. The van der Waals surface area contributed by atoms with E-state index in [4.69, 9.17) is 9.47 Å². The first kappa shape index (κ1) is 16.8. The number of aliphatic hydroxyl groups excluding tert-OH is 1. The molecule has 0 bridgehead atoms. The molecule has 0 aromatic rings. The minimum Gasteiger partial charge on any atom is -0.389 e. The highest BCUT2D eigenvalue weighted by atomic mass is 16.5. The smallest absolute Gasteiger partial charge is 0.0898 e. The van der Waals surface area contributed by atoms with Crippen LogP contribution in [0.1, 0.15) is 40.5 Å². The molecule has 0 saturated carbocycles. The Morgan fingerprint density at radius 2 is 1.82 bits per heavy atom. The van der Waals surface area contributed by atoms with E-state index in [0.29, 0.717) is 19.8 Å². The SMILES string of the molecule is CCC(C)(CC)NCC(O)COC(C)COC. The van der Waals surface area contributed by atoms with E-state index in [1.54, 1.807) is 7.11 Å². The van der Waals surface area contributed by atoms with Crippen molar-refractivity contribution >= 4 is 0 Å². The fraction of sp³-hybridized carbons (Fsp3) is 1.00. The molecule has 4 nitrogen and oxygen atoms in total. The summed E-state index contributed by atoms with van der Waals surface area (Å²) in [6.07, 6.45) is 1.67. The Morgan fingerprint density at radius 1 is 1.24 bits per heavy atom. The predicted molar refractivity (Wildman–Crippen MR) is 70.3 cm³/mol. The van der Waals surface area contributed by atoms with E-state index in [9.17, 15) is 5.11 Å². The van der Waals surface area contributed by atoms with Crippen LogP contribution in [0.3, 0.4) is 0 Å². The fourth-order valence-electron chi connectivity index (χ4n) is 1.48. The largest absolute Gasteiger partial charge is 0.389 e. The Morgan fingerprint density at radius 3 is 2.29 bits per heavy atom. The van der Waals surface area contributed by atoms with Crippen LogP contribution in [0.5, 0.6) is 0 Å². The summed E-state index contributed by atoms with van der Waals surface area (Å²) in [5.74, 6) is 0. The Labute approximate surface area is 106 Å².